The number of H-pyrrole nitrogens is 1. The average Bonchev–Trinajstić information content (AvgIpc) is 3.57. The standard InChI is InChI=1S/C25H27BrN6O3/c1-13-10-16(32-6-8-34-9-7-32)4-5-17(13)23-30-21-20(18(26)12-28-24(21)31-23)29-19-14-2-3-15(11-14)22(19)35-25(27)33/h2-5,10,12,14-15,19,22H,6-9,11H2,1H3,(H2,27,33)(H2,28,29,30,31)/t14-,15+,19+,22-/m0/s1. The minimum atomic E-state index is -0.750. The number of aromatic amines is 1. The lowest BCUT2D eigenvalue weighted by atomic mass is 9.98. The van der Waals surface area contributed by atoms with Crippen LogP contribution >= 0.6 is 15.9 Å². The number of aromatic nitrogens is 3. The third-order valence-electron chi connectivity index (χ3n) is 7.26. The highest BCUT2D eigenvalue weighted by Gasteiger charge is 2.47. The summed E-state index contributed by atoms with van der Waals surface area (Å²) < 4.78 is 11.8. The van der Waals surface area contributed by atoms with Gasteiger partial charge in [-0.1, -0.05) is 12.2 Å². The van der Waals surface area contributed by atoms with Crippen molar-refractivity contribution in [2.45, 2.75) is 25.5 Å². The van der Waals surface area contributed by atoms with Gasteiger partial charge >= 0.3 is 6.09 Å². The Morgan fingerprint density at radius 2 is 2.09 bits per heavy atom. The van der Waals surface area contributed by atoms with E-state index in [1.807, 2.05) is 0 Å². The average molecular weight is 539 g/mol. The van der Waals surface area contributed by atoms with Crippen molar-refractivity contribution in [1.82, 2.24) is 15.0 Å². The molecule has 1 amide bonds. The maximum atomic E-state index is 11.5. The van der Waals surface area contributed by atoms with E-state index >= 15 is 0 Å². The van der Waals surface area contributed by atoms with E-state index in [1.54, 1.807) is 6.20 Å². The molecule has 0 unspecified atom stereocenters. The molecule has 3 aromatic rings. The Kier molecular flexibility index (Phi) is 5.64. The van der Waals surface area contributed by atoms with Crippen LogP contribution in [0.5, 0.6) is 0 Å². The van der Waals surface area contributed by atoms with Gasteiger partial charge in [0, 0.05) is 42.4 Å². The van der Waals surface area contributed by atoms with Gasteiger partial charge in [-0.3, -0.25) is 0 Å². The number of hydrogen-bond acceptors (Lipinski definition) is 7. The molecule has 2 aromatic heterocycles. The number of nitrogens with one attached hydrogen (secondary N) is 2. The molecule has 4 N–H and O–H groups in total. The van der Waals surface area contributed by atoms with Crippen molar-refractivity contribution in [3.05, 3.63) is 46.6 Å². The molecule has 2 bridgehead atoms. The number of anilines is 2. The summed E-state index contributed by atoms with van der Waals surface area (Å²) in [5.74, 6) is 1.19. The number of fused-ring (bicyclic) bond motifs is 3. The van der Waals surface area contributed by atoms with E-state index in [0.29, 0.717) is 5.65 Å². The molecule has 1 aromatic carbocycles. The van der Waals surface area contributed by atoms with E-state index in [1.165, 1.54) is 5.69 Å². The number of nitrogens with two attached hydrogens (primary N) is 1. The number of ether oxygens (including phenoxy) is 2. The van der Waals surface area contributed by atoms with Gasteiger partial charge in [0.25, 0.3) is 0 Å². The van der Waals surface area contributed by atoms with Crippen LogP contribution in [-0.2, 0) is 9.47 Å². The number of pyridine rings is 1. The van der Waals surface area contributed by atoms with Gasteiger partial charge in [0.1, 0.15) is 17.4 Å². The summed E-state index contributed by atoms with van der Waals surface area (Å²) in [4.78, 5) is 26.7. The largest absolute Gasteiger partial charge is 0.444 e. The summed E-state index contributed by atoms with van der Waals surface area (Å²) in [5, 5.41) is 3.60. The summed E-state index contributed by atoms with van der Waals surface area (Å²) >= 11 is 3.64. The molecular formula is C25H27BrN6O3. The summed E-state index contributed by atoms with van der Waals surface area (Å²) in [6, 6.07) is 6.35. The normalized spacial score (nSPS) is 25.4. The number of aryl methyl sites for hydroxylation is 1. The number of rotatable bonds is 5. The van der Waals surface area contributed by atoms with Gasteiger partial charge in [0.05, 0.1) is 29.4 Å². The van der Waals surface area contributed by atoms with E-state index in [0.717, 1.165) is 65.4 Å². The minimum Gasteiger partial charge on any atom is -0.444 e. The topological polar surface area (TPSA) is 118 Å². The van der Waals surface area contributed by atoms with Crippen molar-refractivity contribution in [1.29, 1.82) is 0 Å². The first-order chi connectivity index (χ1) is 17.0. The Morgan fingerprint density at radius 3 is 2.86 bits per heavy atom. The number of imidazole rings is 1. The zero-order valence-corrected chi connectivity index (χ0v) is 20.9. The molecule has 1 saturated heterocycles. The molecule has 3 heterocycles. The number of amides is 1. The van der Waals surface area contributed by atoms with Crippen molar-refractivity contribution in [2.24, 2.45) is 17.6 Å². The zero-order chi connectivity index (χ0) is 24.1. The molecule has 4 atom stereocenters. The molecule has 2 aliphatic carbocycles. The Labute approximate surface area is 211 Å². The van der Waals surface area contributed by atoms with Crippen molar-refractivity contribution >= 4 is 44.6 Å². The van der Waals surface area contributed by atoms with E-state index in [4.69, 9.17) is 20.2 Å². The molecule has 6 rings (SSSR count). The van der Waals surface area contributed by atoms with Crippen LogP contribution in [0.2, 0.25) is 0 Å². The minimum absolute atomic E-state index is 0.0888. The van der Waals surface area contributed by atoms with Gasteiger partial charge in [-0.25, -0.2) is 14.8 Å². The van der Waals surface area contributed by atoms with Crippen LogP contribution in [0.3, 0.4) is 0 Å². The Balaban J connectivity index is 1.32. The van der Waals surface area contributed by atoms with Crippen LogP contribution in [-0.4, -0.2) is 59.5 Å². The monoisotopic (exact) mass is 538 g/mol. The van der Waals surface area contributed by atoms with E-state index in [9.17, 15) is 4.79 Å². The molecule has 10 heteroatoms. The van der Waals surface area contributed by atoms with Crippen molar-refractivity contribution < 1.29 is 14.3 Å². The van der Waals surface area contributed by atoms with Crippen molar-refractivity contribution in [3.8, 4) is 11.4 Å². The van der Waals surface area contributed by atoms with Gasteiger partial charge in [0.2, 0.25) is 0 Å². The fraction of sp³-hybridized carbons (Fsp3) is 0.400. The first-order valence-corrected chi connectivity index (χ1v) is 12.7. The summed E-state index contributed by atoms with van der Waals surface area (Å²) in [5.41, 5.74) is 11.0. The number of nitrogens with zero attached hydrogens (tertiary/aromatic N) is 3. The van der Waals surface area contributed by atoms with Gasteiger partial charge < -0.3 is 30.4 Å². The molecule has 9 nitrogen and oxygen atoms in total. The fourth-order valence-electron chi connectivity index (χ4n) is 5.55. The first kappa shape index (κ1) is 22.4. The second-order valence-corrected chi connectivity index (χ2v) is 10.2. The second kappa shape index (κ2) is 8.83. The highest BCUT2D eigenvalue weighted by molar-refractivity contribution is 9.10. The van der Waals surface area contributed by atoms with Gasteiger partial charge in [-0.2, -0.15) is 0 Å². The van der Waals surface area contributed by atoms with Gasteiger partial charge in [-0.05, 0) is 53.0 Å². The van der Waals surface area contributed by atoms with E-state index < -0.39 is 6.09 Å². The van der Waals surface area contributed by atoms with Crippen LogP contribution < -0.4 is 16.0 Å². The number of primary amides is 1. The Bertz CT molecular complexity index is 1320. The number of carbonyl (C=O) groups is 1. The quantitative estimate of drug-likeness (QED) is 0.420. The third-order valence-corrected chi connectivity index (χ3v) is 7.86. The van der Waals surface area contributed by atoms with E-state index in [2.05, 4.69) is 73.4 Å². The van der Waals surface area contributed by atoms with Crippen molar-refractivity contribution in [3.63, 3.8) is 0 Å². The number of morpholine rings is 1. The second-order valence-electron chi connectivity index (χ2n) is 9.38. The predicted molar refractivity (Wildman–Crippen MR) is 137 cm³/mol. The summed E-state index contributed by atoms with van der Waals surface area (Å²) in [7, 11) is 0. The molecular weight excluding hydrogens is 512 g/mol. The molecule has 0 radical (unpaired) electrons. The number of benzene rings is 1. The van der Waals surface area contributed by atoms with E-state index in [-0.39, 0.29) is 24.0 Å². The maximum absolute atomic E-state index is 11.5. The lowest BCUT2D eigenvalue weighted by Gasteiger charge is -2.29. The molecule has 35 heavy (non-hydrogen) atoms. The number of hydrogen-bond donors (Lipinski definition) is 3. The lowest BCUT2D eigenvalue weighted by molar-refractivity contribution is 0.0854. The van der Waals surface area contributed by atoms with Crippen molar-refractivity contribution in [2.75, 3.05) is 36.5 Å². The molecule has 3 aliphatic rings. The SMILES string of the molecule is Cc1cc(N2CCOCC2)ccc1-c1nc2c(N[C@H]3[C@@H](OC(N)=O)[C@@H]4C=C[C@H]3C4)c(Br)cnc2[nH]1. The predicted octanol–water partition coefficient (Wildman–Crippen LogP) is 3.98. The smallest absolute Gasteiger partial charge is 0.404 e. The highest BCUT2D eigenvalue weighted by atomic mass is 79.9. The highest BCUT2D eigenvalue weighted by Crippen LogP contribution is 2.44. The zero-order valence-electron chi connectivity index (χ0n) is 19.3. The third kappa shape index (κ3) is 4.04. The lowest BCUT2D eigenvalue weighted by Crippen LogP contribution is -2.41. The van der Waals surface area contributed by atoms with Crippen LogP contribution in [0.4, 0.5) is 16.2 Å². The molecule has 1 saturated carbocycles. The Morgan fingerprint density at radius 1 is 1.29 bits per heavy atom. The molecule has 182 valence electrons. The Hall–Kier alpha value is -3.11. The van der Waals surface area contributed by atoms with Crippen LogP contribution in [0.25, 0.3) is 22.6 Å². The molecule has 0 spiro atoms. The van der Waals surface area contributed by atoms with Gasteiger partial charge in [0.15, 0.2) is 5.65 Å². The van der Waals surface area contributed by atoms with Crippen LogP contribution in [0, 0.1) is 18.8 Å². The first-order valence-electron chi connectivity index (χ1n) is 11.9. The summed E-state index contributed by atoms with van der Waals surface area (Å²) in [6.45, 7) is 5.40. The molecule has 1 aliphatic heterocycles. The summed E-state index contributed by atoms with van der Waals surface area (Å²) in [6.07, 6.45) is 5.93. The maximum Gasteiger partial charge on any atom is 0.404 e. The van der Waals surface area contributed by atoms with Crippen LogP contribution in [0.15, 0.2) is 41.0 Å². The van der Waals surface area contributed by atoms with Crippen LogP contribution in [0.1, 0.15) is 12.0 Å². The number of halogens is 1. The van der Waals surface area contributed by atoms with Gasteiger partial charge in [-0.15, -0.1) is 0 Å². The number of carbonyl (C=O) groups excluding carboxylic acids is 1. The fourth-order valence-corrected chi connectivity index (χ4v) is 5.96. The molecule has 2 fully saturated rings.